The van der Waals surface area contributed by atoms with E-state index in [0.717, 1.165) is 43.3 Å². The zero-order valence-corrected chi connectivity index (χ0v) is 11.5. The van der Waals surface area contributed by atoms with Crippen LogP contribution in [0.5, 0.6) is 0 Å². The quantitative estimate of drug-likeness (QED) is 0.859. The second-order valence-electron chi connectivity index (χ2n) is 5.24. The minimum Gasteiger partial charge on any atom is -0.393 e. The number of hydrogen-bond donors (Lipinski definition) is 2. The molecule has 1 aliphatic rings. The molecular formula is C14H19N5O. The van der Waals surface area contributed by atoms with Gasteiger partial charge in [-0.15, -0.1) is 0 Å². The molecule has 0 atom stereocenters. The predicted octanol–water partition coefficient (Wildman–Crippen LogP) is 1.33. The van der Waals surface area contributed by atoms with Crippen LogP contribution in [-0.4, -0.2) is 37.3 Å². The number of nitrogens with zero attached hydrogens (tertiary/aromatic N) is 4. The number of anilines is 1. The van der Waals surface area contributed by atoms with E-state index in [1.807, 2.05) is 19.2 Å². The van der Waals surface area contributed by atoms with E-state index in [1.54, 1.807) is 12.5 Å². The Balaban J connectivity index is 1.55. The maximum absolute atomic E-state index is 9.35. The summed E-state index contributed by atoms with van der Waals surface area (Å²) in [5, 5.41) is 12.7. The molecule has 2 N–H and O–H groups in total. The molecule has 2 aromatic rings. The number of hydrogen-bond acceptors (Lipinski definition) is 5. The molecule has 0 unspecified atom stereocenters. The second kappa shape index (κ2) is 5.58. The van der Waals surface area contributed by atoms with Crippen LogP contribution in [0.3, 0.4) is 0 Å². The third-order valence-electron chi connectivity index (χ3n) is 3.80. The van der Waals surface area contributed by atoms with E-state index < -0.39 is 0 Å². The van der Waals surface area contributed by atoms with Gasteiger partial charge in [-0.05, 0) is 19.8 Å². The van der Waals surface area contributed by atoms with Crippen molar-refractivity contribution >= 4 is 5.82 Å². The van der Waals surface area contributed by atoms with Crippen LogP contribution in [0, 0.1) is 6.92 Å². The summed E-state index contributed by atoms with van der Waals surface area (Å²) in [4.78, 5) is 12.7. The smallest absolute Gasteiger partial charge is 0.129 e. The fraction of sp³-hybridized carbons (Fsp3) is 0.500. The van der Waals surface area contributed by atoms with Gasteiger partial charge in [0.15, 0.2) is 0 Å². The molecule has 0 saturated heterocycles. The number of aliphatic hydroxyl groups excluding tert-OH is 1. The van der Waals surface area contributed by atoms with Crippen LogP contribution in [0.15, 0.2) is 24.8 Å². The molecule has 1 fully saturated rings. The molecule has 2 heterocycles. The van der Waals surface area contributed by atoms with Gasteiger partial charge < -0.3 is 15.0 Å². The highest BCUT2D eigenvalue weighted by molar-refractivity contribution is 5.36. The minimum absolute atomic E-state index is 0.157. The predicted molar refractivity (Wildman–Crippen MR) is 75.5 cm³/mol. The largest absolute Gasteiger partial charge is 0.393 e. The minimum atomic E-state index is -0.157. The highest BCUT2D eigenvalue weighted by atomic mass is 16.3. The third-order valence-corrected chi connectivity index (χ3v) is 3.80. The first kappa shape index (κ1) is 13.1. The standard InChI is InChI=1S/C14H19N5O/c1-10-15-2-4-19(10)5-3-16-14-8-13(17-9-18-14)11-6-12(20)7-11/h2,4,8-9,11-12,20H,3,5-7H2,1H3,(H,16,17,18). The molecule has 106 valence electrons. The van der Waals surface area contributed by atoms with Crippen molar-refractivity contribution in [3.05, 3.63) is 36.3 Å². The van der Waals surface area contributed by atoms with Crippen molar-refractivity contribution in [1.29, 1.82) is 0 Å². The van der Waals surface area contributed by atoms with Crippen LogP contribution in [-0.2, 0) is 6.54 Å². The molecule has 0 radical (unpaired) electrons. The molecule has 2 aromatic heterocycles. The van der Waals surface area contributed by atoms with Crippen molar-refractivity contribution in [3.63, 3.8) is 0 Å². The van der Waals surface area contributed by atoms with Crippen LogP contribution in [0.4, 0.5) is 5.82 Å². The molecule has 1 saturated carbocycles. The summed E-state index contributed by atoms with van der Waals surface area (Å²) in [6.07, 6.45) is 6.83. The number of aliphatic hydroxyl groups is 1. The molecule has 0 aliphatic heterocycles. The van der Waals surface area contributed by atoms with Gasteiger partial charge in [0, 0.05) is 43.2 Å². The SMILES string of the molecule is Cc1nccn1CCNc1cc(C2CC(O)C2)ncn1. The molecule has 3 rings (SSSR count). The first-order valence-corrected chi connectivity index (χ1v) is 6.94. The molecule has 1 aliphatic carbocycles. The summed E-state index contributed by atoms with van der Waals surface area (Å²) in [5.41, 5.74) is 1.02. The van der Waals surface area contributed by atoms with Crippen molar-refractivity contribution in [2.45, 2.75) is 38.3 Å². The first-order chi connectivity index (χ1) is 9.72. The van der Waals surface area contributed by atoms with Crippen LogP contribution in [0.1, 0.15) is 30.3 Å². The zero-order chi connectivity index (χ0) is 13.9. The van der Waals surface area contributed by atoms with E-state index in [9.17, 15) is 5.11 Å². The van der Waals surface area contributed by atoms with Crippen molar-refractivity contribution in [2.75, 3.05) is 11.9 Å². The van der Waals surface area contributed by atoms with Crippen LogP contribution in [0.25, 0.3) is 0 Å². The van der Waals surface area contributed by atoms with E-state index in [2.05, 4.69) is 24.8 Å². The van der Waals surface area contributed by atoms with Crippen molar-refractivity contribution in [3.8, 4) is 0 Å². The lowest BCUT2D eigenvalue weighted by Crippen LogP contribution is -2.27. The summed E-state index contributed by atoms with van der Waals surface area (Å²) < 4.78 is 2.09. The maximum Gasteiger partial charge on any atom is 0.129 e. The van der Waals surface area contributed by atoms with Crippen LogP contribution >= 0.6 is 0 Å². The Morgan fingerprint density at radius 3 is 2.90 bits per heavy atom. The second-order valence-corrected chi connectivity index (χ2v) is 5.24. The van der Waals surface area contributed by atoms with E-state index in [0.29, 0.717) is 5.92 Å². The topological polar surface area (TPSA) is 75.9 Å². The Hall–Kier alpha value is -1.95. The fourth-order valence-electron chi connectivity index (χ4n) is 2.47. The summed E-state index contributed by atoms with van der Waals surface area (Å²) >= 11 is 0. The Morgan fingerprint density at radius 1 is 1.35 bits per heavy atom. The molecule has 6 heteroatoms. The van der Waals surface area contributed by atoms with Gasteiger partial charge in [-0.1, -0.05) is 0 Å². The first-order valence-electron chi connectivity index (χ1n) is 6.94. The van der Waals surface area contributed by atoms with Crippen LogP contribution in [0.2, 0.25) is 0 Å². The van der Waals surface area contributed by atoms with Gasteiger partial charge in [-0.25, -0.2) is 15.0 Å². The van der Waals surface area contributed by atoms with Gasteiger partial charge in [0.05, 0.1) is 6.10 Å². The van der Waals surface area contributed by atoms with Gasteiger partial charge >= 0.3 is 0 Å². The molecule has 0 aromatic carbocycles. The number of aromatic nitrogens is 4. The average molecular weight is 273 g/mol. The number of nitrogens with one attached hydrogen (secondary N) is 1. The van der Waals surface area contributed by atoms with E-state index in [-0.39, 0.29) is 6.10 Å². The lowest BCUT2D eigenvalue weighted by molar-refractivity contribution is 0.0732. The van der Waals surface area contributed by atoms with Crippen molar-refractivity contribution in [2.24, 2.45) is 0 Å². The lowest BCUT2D eigenvalue weighted by Gasteiger charge is -2.30. The molecule has 6 nitrogen and oxygen atoms in total. The number of aryl methyl sites for hydroxylation is 1. The normalized spacial score (nSPS) is 21.5. The summed E-state index contributed by atoms with van der Waals surface area (Å²) in [6.45, 7) is 3.64. The zero-order valence-electron chi connectivity index (χ0n) is 11.5. The highest BCUT2D eigenvalue weighted by Gasteiger charge is 2.29. The van der Waals surface area contributed by atoms with Crippen LogP contribution < -0.4 is 5.32 Å². The highest BCUT2D eigenvalue weighted by Crippen LogP contribution is 2.35. The maximum atomic E-state index is 9.35. The fourth-order valence-corrected chi connectivity index (χ4v) is 2.47. The number of imidazole rings is 1. The monoisotopic (exact) mass is 273 g/mol. The third kappa shape index (κ3) is 2.80. The van der Waals surface area contributed by atoms with Gasteiger partial charge in [0.2, 0.25) is 0 Å². The van der Waals surface area contributed by atoms with Gasteiger partial charge in [-0.2, -0.15) is 0 Å². The Bertz CT molecular complexity index is 576. The molecule has 0 bridgehead atoms. The Morgan fingerprint density at radius 2 is 2.20 bits per heavy atom. The summed E-state index contributed by atoms with van der Waals surface area (Å²) in [5.74, 6) is 2.23. The lowest BCUT2D eigenvalue weighted by atomic mass is 9.80. The molecule has 0 spiro atoms. The average Bonchev–Trinajstić information content (AvgIpc) is 2.81. The number of rotatable bonds is 5. The Kier molecular flexibility index (Phi) is 3.64. The van der Waals surface area contributed by atoms with Crippen molar-refractivity contribution < 1.29 is 5.11 Å². The Labute approximate surface area is 117 Å². The van der Waals surface area contributed by atoms with E-state index >= 15 is 0 Å². The van der Waals surface area contributed by atoms with E-state index in [4.69, 9.17) is 0 Å². The van der Waals surface area contributed by atoms with Gasteiger partial charge in [0.25, 0.3) is 0 Å². The van der Waals surface area contributed by atoms with Crippen molar-refractivity contribution in [1.82, 2.24) is 19.5 Å². The molecular weight excluding hydrogens is 254 g/mol. The molecule has 20 heavy (non-hydrogen) atoms. The summed E-state index contributed by atoms with van der Waals surface area (Å²) in [6, 6.07) is 1.98. The van der Waals surface area contributed by atoms with Gasteiger partial charge in [-0.3, -0.25) is 0 Å². The molecule has 0 amide bonds. The van der Waals surface area contributed by atoms with E-state index in [1.165, 1.54) is 0 Å². The summed E-state index contributed by atoms with van der Waals surface area (Å²) in [7, 11) is 0. The van der Waals surface area contributed by atoms with Gasteiger partial charge in [0.1, 0.15) is 18.0 Å².